The van der Waals surface area contributed by atoms with Crippen molar-refractivity contribution in [2.24, 2.45) is 0 Å². The summed E-state index contributed by atoms with van der Waals surface area (Å²) in [5.41, 5.74) is 3.19. The van der Waals surface area contributed by atoms with Crippen molar-refractivity contribution in [2.45, 2.75) is 45.1 Å². The highest BCUT2D eigenvalue weighted by atomic mass is 16.5. The van der Waals surface area contributed by atoms with Crippen molar-refractivity contribution in [3.8, 4) is 0 Å². The fraction of sp³-hybridized carbons (Fsp3) is 0.444. The van der Waals surface area contributed by atoms with Crippen LogP contribution in [0.4, 0.5) is 0 Å². The summed E-state index contributed by atoms with van der Waals surface area (Å²) < 4.78 is 7.17. The number of hydrogen-bond acceptors (Lipinski definition) is 3. The molecule has 0 spiro atoms. The van der Waals surface area contributed by atoms with E-state index in [-0.39, 0.29) is 12.0 Å². The molecule has 0 bridgehead atoms. The van der Waals surface area contributed by atoms with Gasteiger partial charge in [-0.2, -0.15) is 0 Å². The zero-order valence-electron chi connectivity index (χ0n) is 13.2. The van der Waals surface area contributed by atoms with E-state index in [0.29, 0.717) is 18.2 Å². The van der Waals surface area contributed by atoms with Crippen LogP contribution in [-0.4, -0.2) is 22.1 Å². The van der Waals surface area contributed by atoms with Crippen molar-refractivity contribution in [1.82, 2.24) is 9.55 Å². The third kappa shape index (κ3) is 2.91. The van der Waals surface area contributed by atoms with Crippen molar-refractivity contribution >= 4 is 5.97 Å². The predicted octanol–water partition coefficient (Wildman–Crippen LogP) is 3.94. The summed E-state index contributed by atoms with van der Waals surface area (Å²) in [6, 6.07) is 8.58. The normalized spacial score (nSPS) is 15.5. The van der Waals surface area contributed by atoms with Gasteiger partial charge in [-0.25, -0.2) is 9.78 Å². The van der Waals surface area contributed by atoms with E-state index in [0.717, 1.165) is 6.42 Å². The molecule has 0 N–H and O–H groups in total. The predicted molar refractivity (Wildman–Crippen MR) is 85.0 cm³/mol. The van der Waals surface area contributed by atoms with Crippen LogP contribution in [0.25, 0.3) is 0 Å². The van der Waals surface area contributed by atoms with Crippen LogP contribution in [0.5, 0.6) is 0 Å². The standard InChI is InChI=1S/C18H22N2O2/c1-3-10-22-18(21)17-11-19-12-20(17)13(2)15-6-4-5-7-16(15)14-8-9-14/h4-7,11-14H,3,8-10H2,1-2H3/t13-/m1/s1. The molecular formula is C18H22N2O2. The number of benzene rings is 1. The lowest BCUT2D eigenvalue weighted by atomic mass is 9.98. The van der Waals surface area contributed by atoms with Crippen LogP contribution in [0.3, 0.4) is 0 Å². The van der Waals surface area contributed by atoms with Gasteiger partial charge in [-0.1, -0.05) is 31.2 Å². The van der Waals surface area contributed by atoms with E-state index in [1.807, 2.05) is 11.5 Å². The van der Waals surface area contributed by atoms with Crippen LogP contribution in [0, 0.1) is 0 Å². The van der Waals surface area contributed by atoms with E-state index in [2.05, 4.69) is 36.2 Å². The Morgan fingerprint density at radius 2 is 2.18 bits per heavy atom. The quantitative estimate of drug-likeness (QED) is 0.759. The van der Waals surface area contributed by atoms with Crippen molar-refractivity contribution in [2.75, 3.05) is 6.61 Å². The van der Waals surface area contributed by atoms with Gasteiger partial charge in [0, 0.05) is 0 Å². The molecule has 116 valence electrons. The Morgan fingerprint density at radius 3 is 2.91 bits per heavy atom. The maximum absolute atomic E-state index is 12.2. The Labute approximate surface area is 131 Å². The third-order valence-electron chi connectivity index (χ3n) is 4.19. The molecule has 0 aliphatic heterocycles. The highest BCUT2D eigenvalue weighted by Gasteiger charge is 2.28. The maximum Gasteiger partial charge on any atom is 0.356 e. The number of carbonyl (C=O) groups excluding carboxylic acids is 1. The smallest absolute Gasteiger partial charge is 0.356 e. The molecule has 2 aromatic rings. The average molecular weight is 298 g/mol. The number of hydrogen-bond donors (Lipinski definition) is 0. The number of esters is 1. The fourth-order valence-electron chi connectivity index (χ4n) is 2.85. The molecule has 4 heteroatoms. The molecule has 3 rings (SSSR count). The number of nitrogens with zero attached hydrogens (tertiary/aromatic N) is 2. The lowest BCUT2D eigenvalue weighted by Crippen LogP contribution is -2.16. The van der Waals surface area contributed by atoms with Crippen molar-refractivity contribution in [1.29, 1.82) is 0 Å². The second-order valence-corrected chi connectivity index (χ2v) is 5.90. The van der Waals surface area contributed by atoms with Crippen molar-refractivity contribution in [3.05, 3.63) is 53.6 Å². The monoisotopic (exact) mass is 298 g/mol. The highest BCUT2D eigenvalue weighted by molar-refractivity contribution is 5.87. The highest BCUT2D eigenvalue weighted by Crippen LogP contribution is 2.43. The number of aromatic nitrogens is 2. The number of rotatable bonds is 6. The van der Waals surface area contributed by atoms with E-state index in [1.165, 1.54) is 24.0 Å². The van der Waals surface area contributed by atoms with Crippen LogP contribution < -0.4 is 0 Å². The molecule has 1 saturated carbocycles. The van der Waals surface area contributed by atoms with E-state index in [4.69, 9.17) is 4.74 Å². The average Bonchev–Trinajstić information content (AvgIpc) is 3.28. The summed E-state index contributed by atoms with van der Waals surface area (Å²) in [5, 5.41) is 0. The van der Waals surface area contributed by atoms with E-state index in [9.17, 15) is 4.79 Å². The Hall–Kier alpha value is -2.10. The number of ether oxygens (including phenoxy) is 1. The first-order valence-electron chi connectivity index (χ1n) is 8.00. The summed E-state index contributed by atoms with van der Waals surface area (Å²) in [5.74, 6) is 0.382. The fourth-order valence-corrected chi connectivity index (χ4v) is 2.85. The summed E-state index contributed by atoms with van der Waals surface area (Å²) in [6.07, 6.45) is 6.66. The Bertz CT molecular complexity index is 659. The van der Waals surface area contributed by atoms with Crippen LogP contribution in [0.2, 0.25) is 0 Å². The van der Waals surface area contributed by atoms with Crippen LogP contribution >= 0.6 is 0 Å². The van der Waals surface area contributed by atoms with Gasteiger partial charge in [0.1, 0.15) is 5.69 Å². The topological polar surface area (TPSA) is 44.1 Å². The molecule has 22 heavy (non-hydrogen) atoms. The van der Waals surface area contributed by atoms with Gasteiger partial charge in [0.15, 0.2) is 0 Å². The molecule has 1 aliphatic rings. The summed E-state index contributed by atoms with van der Waals surface area (Å²) >= 11 is 0. The minimum absolute atomic E-state index is 0.0727. The van der Waals surface area contributed by atoms with Gasteiger partial charge in [-0.15, -0.1) is 0 Å². The van der Waals surface area contributed by atoms with Crippen LogP contribution in [0.15, 0.2) is 36.8 Å². The largest absolute Gasteiger partial charge is 0.461 e. The second kappa shape index (κ2) is 6.34. The zero-order chi connectivity index (χ0) is 15.5. The van der Waals surface area contributed by atoms with Gasteiger partial charge in [-0.3, -0.25) is 0 Å². The Balaban J connectivity index is 1.88. The van der Waals surface area contributed by atoms with E-state index < -0.39 is 0 Å². The van der Waals surface area contributed by atoms with Crippen molar-refractivity contribution in [3.63, 3.8) is 0 Å². The first kappa shape index (κ1) is 14.8. The molecule has 0 radical (unpaired) electrons. The minimum Gasteiger partial charge on any atom is -0.461 e. The first-order valence-corrected chi connectivity index (χ1v) is 8.00. The summed E-state index contributed by atoms with van der Waals surface area (Å²) in [7, 11) is 0. The Kier molecular flexibility index (Phi) is 4.27. The van der Waals surface area contributed by atoms with Gasteiger partial charge < -0.3 is 9.30 Å². The molecule has 1 aliphatic carbocycles. The lowest BCUT2D eigenvalue weighted by Gasteiger charge is -2.19. The van der Waals surface area contributed by atoms with E-state index >= 15 is 0 Å². The van der Waals surface area contributed by atoms with Gasteiger partial charge >= 0.3 is 5.97 Å². The molecular weight excluding hydrogens is 276 g/mol. The third-order valence-corrected chi connectivity index (χ3v) is 4.19. The molecule has 0 unspecified atom stereocenters. The zero-order valence-corrected chi connectivity index (χ0v) is 13.2. The minimum atomic E-state index is -0.296. The van der Waals surface area contributed by atoms with Gasteiger partial charge in [-0.05, 0) is 43.2 Å². The SMILES string of the molecule is CCCOC(=O)c1cncn1[C@H](C)c1ccccc1C1CC1. The number of imidazole rings is 1. The molecule has 1 aromatic carbocycles. The van der Waals surface area contributed by atoms with Crippen LogP contribution in [-0.2, 0) is 4.74 Å². The second-order valence-electron chi connectivity index (χ2n) is 5.90. The van der Waals surface area contributed by atoms with Gasteiger partial charge in [0.05, 0.1) is 25.2 Å². The van der Waals surface area contributed by atoms with Crippen molar-refractivity contribution < 1.29 is 9.53 Å². The maximum atomic E-state index is 12.2. The first-order chi connectivity index (χ1) is 10.7. The number of carbonyl (C=O) groups is 1. The Morgan fingerprint density at radius 1 is 1.41 bits per heavy atom. The molecule has 1 atom stereocenters. The molecule has 1 heterocycles. The van der Waals surface area contributed by atoms with Gasteiger partial charge in [0.25, 0.3) is 0 Å². The van der Waals surface area contributed by atoms with Gasteiger partial charge in [0.2, 0.25) is 0 Å². The molecule has 0 amide bonds. The van der Waals surface area contributed by atoms with E-state index in [1.54, 1.807) is 12.5 Å². The van der Waals surface area contributed by atoms with Crippen LogP contribution in [0.1, 0.15) is 66.7 Å². The molecule has 0 saturated heterocycles. The summed E-state index contributed by atoms with van der Waals surface area (Å²) in [4.78, 5) is 16.3. The molecule has 4 nitrogen and oxygen atoms in total. The summed E-state index contributed by atoms with van der Waals surface area (Å²) in [6.45, 7) is 4.54. The lowest BCUT2D eigenvalue weighted by molar-refractivity contribution is 0.0491. The molecule has 1 aromatic heterocycles. The molecule has 1 fully saturated rings.